The Labute approximate surface area is 167 Å². The number of ether oxygens (including phenoxy) is 1. The lowest BCUT2D eigenvalue weighted by molar-refractivity contribution is -0.127. The summed E-state index contributed by atoms with van der Waals surface area (Å²) in [5.74, 6) is -1.81. The van der Waals surface area contributed by atoms with Gasteiger partial charge < -0.3 is 4.74 Å². The van der Waals surface area contributed by atoms with Crippen LogP contribution < -0.4 is 0 Å². The van der Waals surface area contributed by atoms with Gasteiger partial charge >= 0.3 is 0 Å². The number of carbonyl (C=O) groups is 2. The lowest BCUT2D eigenvalue weighted by atomic mass is 9.81. The van der Waals surface area contributed by atoms with E-state index in [4.69, 9.17) is 16.3 Å². The Morgan fingerprint density at radius 3 is 2.21 bits per heavy atom. The summed E-state index contributed by atoms with van der Waals surface area (Å²) in [4.78, 5) is 26.4. The minimum absolute atomic E-state index is 0.00339. The van der Waals surface area contributed by atoms with E-state index in [0.29, 0.717) is 5.56 Å². The molecule has 3 nitrogen and oxygen atoms in total. The first-order valence-corrected chi connectivity index (χ1v) is 10.2. The smallest absolute Gasteiger partial charge is 0.154 e. The van der Waals surface area contributed by atoms with Crippen LogP contribution in [-0.4, -0.2) is 23.8 Å². The predicted octanol–water partition coefficient (Wildman–Crippen LogP) is 4.74. The molecule has 2 aromatic carbocycles. The summed E-state index contributed by atoms with van der Waals surface area (Å²) in [5, 5.41) is 0.0681. The van der Waals surface area contributed by atoms with Crippen molar-refractivity contribution in [3.8, 4) is 11.1 Å². The zero-order valence-corrected chi connectivity index (χ0v) is 16.2. The third kappa shape index (κ3) is 2.51. The van der Waals surface area contributed by atoms with Crippen molar-refractivity contribution in [3.05, 3.63) is 58.4 Å². The number of hydrogen-bond acceptors (Lipinski definition) is 3. The molecule has 2 saturated heterocycles. The van der Waals surface area contributed by atoms with E-state index in [-0.39, 0.29) is 40.6 Å². The van der Waals surface area contributed by atoms with Gasteiger partial charge in [-0.2, -0.15) is 0 Å². The van der Waals surface area contributed by atoms with Crippen molar-refractivity contribution in [2.45, 2.75) is 44.3 Å². The first-order valence-electron chi connectivity index (χ1n) is 9.80. The molecule has 2 bridgehead atoms. The molecular formula is C23H20ClFO3. The second-order valence-electron chi connectivity index (χ2n) is 7.98. The van der Waals surface area contributed by atoms with E-state index >= 15 is 0 Å². The standard InChI is InChI=1S/C23H20ClFO3/c1-2-11-3-4-12(13-5-6-15(24)16(25)10-13)9-14(11)19-22(26)20-17-7-8-18(28-17)21(20)23(19)27/h3-6,9-10,17-21H,2,7-8H2,1H3/t17-,18+,19?,20-,21+. The summed E-state index contributed by atoms with van der Waals surface area (Å²) in [6, 6.07) is 10.4. The SMILES string of the molecule is CCc1ccc(-c2ccc(Cl)c(F)c2)cc1C1C(=O)[C@@H]2[C@H](C1=O)[C@H]1CC[C@@H]2O1. The normalized spacial score (nSPS) is 30.9. The number of benzene rings is 2. The lowest BCUT2D eigenvalue weighted by Crippen LogP contribution is -2.29. The number of aryl methyl sites for hydroxylation is 1. The molecule has 0 radical (unpaired) electrons. The van der Waals surface area contributed by atoms with Gasteiger partial charge in [0.15, 0.2) is 11.6 Å². The van der Waals surface area contributed by atoms with Gasteiger partial charge in [-0.3, -0.25) is 9.59 Å². The number of carbonyl (C=O) groups excluding carboxylic acids is 2. The van der Waals surface area contributed by atoms with Crippen LogP contribution in [-0.2, 0) is 20.7 Å². The predicted molar refractivity (Wildman–Crippen MR) is 104 cm³/mol. The van der Waals surface area contributed by atoms with Crippen molar-refractivity contribution in [3.63, 3.8) is 0 Å². The summed E-state index contributed by atoms with van der Waals surface area (Å²) < 4.78 is 19.8. The van der Waals surface area contributed by atoms with E-state index in [2.05, 4.69) is 0 Å². The molecule has 0 aromatic heterocycles. The van der Waals surface area contributed by atoms with Gasteiger partial charge in [0.2, 0.25) is 0 Å². The van der Waals surface area contributed by atoms with Crippen LogP contribution >= 0.6 is 11.6 Å². The fourth-order valence-electron chi connectivity index (χ4n) is 5.27. The molecule has 1 unspecified atom stereocenters. The minimum Gasteiger partial charge on any atom is -0.373 e. The van der Waals surface area contributed by atoms with E-state index in [1.807, 2.05) is 25.1 Å². The highest BCUT2D eigenvalue weighted by Crippen LogP contribution is 2.52. The summed E-state index contributed by atoms with van der Waals surface area (Å²) in [5.41, 5.74) is 3.20. The van der Waals surface area contributed by atoms with Gasteiger partial charge in [0.25, 0.3) is 0 Å². The molecule has 2 aliphatic heterocycles. The number of hydrogen-bond donors (Lipinski definition) is 0. The first kappa shape index (κ1) is 18.0. The Bertz CT molecular complexity index is 973. The van der Waals surface area contributed by atoms with E-state index in [1.165, 1.54) is 12.1 Å². The zero-order valence-electron chi connectivity index (χ0n) is 15.5. The van der Waals surface area contributed by atoms with Crippen molar-refractivity contribution in [1.29, 1.82) is 0 Å². The van der Waals surface area contributed by atoms with Crippen LogP contribution in [0.5, 0.6) is 0 Å². The van der Waals surface area contributed by atoms with Gasteiger partial charge in [0.05, 0.1) is 29.1 Å². The molecule has 0 N–H and O–H groups in total. The molecule has 5 atom stereocenters. The molecule has 144 valence electrons. The molecule has 0 amide bonds. The average Bonchev–Trinajstić information content (AvgIpc) is 3.37. The maximum atomic E-state index is 13.9. The topological polar surface area (TPSA) is 43.4 Å². The molecule has 1 aliphatic carbocycles. The highest BCUT2D eigenvalue weighted by molar-refractivity contribution is 6.30. The summed E-state index contributed by atoms with van der Waals surface area (Å²) >= 11 is 5.80. The Morgan fingerprint density at radius 2 is 1.61 bits per heavy atom. The molecule has 1 saturated carbocycles. The van der Waals surface area contributed by atoms with Crippen LogP contribution in [0.3, 0.4) is 0 Å². The van der Waals surface area contributed by atoms with Crippen LogP contribution in [0.2, 0.25) is 5.02 Å². The largest absolute Gasteiger partial charge is 0.373 e. The lowest BCUT2D eigenvalue weighted by Gasteiger charge is -2.17. The van der Waals surface area contributed by atoms with Crippen molar-refractivity contribution >= 4 is 23.2 Å². The van der Waals surface area contributed by atoms with Gasteiger partial charge in [-0.15, -0.1) is 0 Å². The van der Waals surface area contributed by atoms with Crippen LogP contribution in [0.25, 0.3) is 11.1 Å². The molecule has 2 heterocycles. The van der Waals surface area contributed by atoms with Crippen LogP contribution in [0.1, 0.15) is 36.8 Å². The van der Waals surface area contributed by atoms with Crippen molar-refractivity contribution in [2.75, 3.05) is 0 Å². The van der Waals surface area contributed by atoms with Crippen molar-refractivity contribution in [2.24, 2.45) is 11.8 Å². The highest BCUT2D eigenvalue weighted by atomic mass is 35.5. The fourth-order valence-corrected chi connectivity index (χ4v) is 5.39. The first-order chi connectivity index (χ1) is 13.5. The monoisotopic (exact) mass is 398 g/mol. The maximum absolute atomic E-state index is 13.9. The Hall–Kier alpha value is -2.04. The molecule has 0 spiro atoms. The summed E-state index contributed by atoms with van der Waals surface area (Å²) in [7, 11) is 0. The van der Waals surface area contributed by atoms with Gasteiger partial charge in [0.1, 0.15) is 11.7 Å². The summed E-state index contributed by atoms with van der Waals surface area (Å²) in [6.07, 6.45) is 2.25. The maximum Gasteiger partial charge on any atom is 0.154 e. The number of fused-ring (bicyclic) bond motifs is 5. The summed E-state index contributed by atoms with van der Waals surface area (Å²) in [6.45, 7) is 2.01. The molecular weight excluding hydrogens is 379 g/mol. The molecule has 3 aliphatic rings. The highest BCUT2D eigenvalue weighted by Gasteiger charge is 2.63. The van der Waals surface area contributed by atoms with Crippen LogP contribution in [0.15, 0.2) is 36.4 Å². The van der Waals surface area contributed by atoms with Crippen molar-refractivity contribution < 1.29 is 18.7 Å². The third-order valence-electron chi connectivity index (χ3n) is 6.59. The number of halogens is 2. The zero-order chi connectivity index (χ0) is 19.6. The number of Topliss-reactive ketones (excluding diaryl/α,β-unsaturated/α-hetero) is 2. The van der Waals surface area contributed by atoms with E-state index in [0.717, 1.165) is 36.0 Å². The minimum atomic E-state index is -0.728. The fraction of sp³-hybridized carbons (Fsp3) is 0.391. The molecule has 5 rings (SSSR count). The van der Waals surface area contributed by atoms with Crippen molar-refractivity contribution in [1.82, 2.24) is 0 Å². The Kier molecular flexibility index (Phi) is 4.18. The Balaban J connectivity index is 1.58. The second-order valence-corrected chi connectivity index (χ2v) is 8.38. The molecule has 5 heteroatoms. The van der Waals surface area contributed by atoms with Gasteiger partial charge in [-0.25, -0.2) is 4.39 Å². The molecule has 2 aromatic rings. The van der Waals surface area contributed by atoms with Gasteiger partial charge in [-0.05, 0) is 59.7 Å². The average molecular weight is 399 g/mol. The molecule has 3 fully saturated rings. The van der Waals surface area contributed by atoms with E-state index in [1.54, 1.807) is 6.07 Å². The van der Waals surface area contributed by atoms with E-state index in [9.17, 15) is 14.0 Å². The third-order valence-corrected chi connectivity index (χ3v) is 6.90. The van der Waals surface area contributed by atoms with Crippen LogP contribution in [0.4, 0.5) is 4.39 Å². The second kappa shape index (κ2) is 6.50. The van der Waals surface area contributed by atoms with Crippen LogP contribution in [0, 0.1) is 17.7 Å². The number of ketones is 2. The van der Waals surface area contributed by atoms with Gasteiger partial charge in [0, 0.05) is 0 Å². The molecule has 28 heavy (non-hydrogen) atoms. The quantitative estimate of drug-likeness (QED) is 0.701. The van der Waals surface area contributed by atoms with Gasteiger partial charge in [-0.1, -0.05) is 36.7 Å². The Morgan fingerprint density at radius 1 is 1.00 bits per heavy atom. The number of rotatable bonds is 3. The van der Waals surface area contributed by atoms with E-state index < -0.39 is 11.7 Å².